The van der Waals surface area contributed by atoms with Crippen molar-refractivity contribution in [1.29, 1.82) is 0 Å². The Hall–Kier alpha value is -2.64. The molecule has 1 aliphatic carbocycles. The lowest BCUT2D eigenvalue weighted by molar-refractivity contribution is 0.422. The minimum absolute atomic E-state index is 0.452. The molecule has 0 saturated heterocycles. The molecule has 1 aromatic heterocycles. The van der Waals surface area contributed by atoms with Crippen LogP contribution in [0.4, 0.5) is 5.69 Å². The van der Waals surface area contributed by atoms with E-state index in [0.717, 1.165) is 36.2 Å². The smallest absolute Gasteiger partial charge is 0.245 e. The Morgan fingerprint density at radius 3 is 2.60 bits per heavy atom. The molecule has 1 N–H and O–H groups in total. The number of aromatic nitrogens is 2. The van der Waals surface area contributed by atoms with Gasteiger partial charge in [0.2, 0.25) is 10.0 Å². The molecule has 7 heteroatoms. The molecular formula is C23H26N4O2S. The fourth-order valence-corrected chi connectivity index (χ4v) is 6.20. The van der Waals surface area contributed by atoms with E-state index < -0.39 is 10.0 Å². The first kappa shape index (κ1) is 19.3. The van der Waals surface area contributed by atoms with Gasteiger partial charge in [-0.1, -0.05) is 30.3 Å². The Bertz CT molecular complexity index is 1130. The molecule has 1 aliphatic heterocycles. The van der Waals surface area contributed by atoms with Crippen molar-refractivity contribution < 1.29 is 8.42 Å². The molecule has 2 aliphatic rings. The summed E-state index contributed by atoms with van der Waals surface area (Å²) in [6, 6.07) is 14.1. The standard InChI is InChI=1S/C23H26N4O2S/c28-30(29)23-14-20-8-4-7-19(20)13-22(23)26(16-21-15-24-17-25-21)11-12-27(30)10-9-18-5-2-1-3-6-18/h1-3,5-6,13-15,17H,4,7-12,16H2,(H,24,25). The first-order chi connectivity index (χ1) is 14.6. The van der Waals surface area contributed by atoms with E-state index >= 15 is 0 Å². The van der Waals surface area contributed by atoms with Crippen LogP contribution in [0, 0.1) is 0 Å². The molecule has 2 heterocycles. The Morgan fingerprint density at radius 1 is 1.03 bits per heavy atom. The van der Waals surface area contributed by atoms with Crippen LogP contribution in [-0.2, 0) is 35.8 Å². The molecule has 0 unspecified atom stereocenters. The summed E-state index contributed by atoms with van der Waals surface area (Å²) in [6.45, 7) is 2.23. The zero-order chi connectivity index (χ0) is 20.6. The van der Waals surface area contributed by atoms with Crippen molar-refractivity contribution in [2.24, 2.45) is 0 Å². The Morgan fingerprint density at radius 2 is 1.83 bits per heavy atom. The predicted octanol–water partition coefficient (Wildman–Crippen LogP) is 3.15. The topological polar surface area (TPSA) is 69.3 Å². The molecule has 30 heavy (non-hydrogen) atoms. The van der Waals surface area contributed by atoms with Gasteiger partial charge in [-0.3, -0.25) is 0 Å². The quantitative estimate of drug-likeness (QED) is 0.686. The van der Waals surface area contributed by atoms with Gasteiger partial charge in [0.15, 0.2) is 0 Å². The van der Waals surface area contributed by atoms with E-state index in [-0.39, 0.29) is 0 Å². The molecule has 0 bridgehead atoms. The van der Waals surface area contributed by atoms with Crippen LogP contribution in [-0.4, -0.2) is 42.3 Å². The molecule has 0 spiro atoms. The first-order valence-corrected chi connectivity index (χ1v) is 12.0. The molecule has 2 aromatic carbocycles. The summed E-state index contributed by atoms with van der Waals surface area (Å²) in [4.78, 5) is 9.91. The highest BCUT2D eigenvalue weighted by Crippen LogP contribution is 2.37. The van der Waals surface area contributed by atoms with Crippen LogP contribution in [0.2, 0.25) is 0 Å². The van der Waals surface area contributed by atoms with Crippen molar-refractivity contribution >= 4 is 15.7 Å². The van der Waals surface area contributed by atoms with Crippen LogP contribution in [0.5, 0.6) is 0 Å². The van der Waals surface area contributed by atoms with Crippen LogP contribution in [0.3, 0.4) is 0 Å². The van der Waals surface area contributed by atoms with Crippen LogP contribution in [0.1, 0.15) is 28.8 Å². The second kappa shape index (κ2) is 7.89. The van der Waals surface area contributed by atoms with Gasteiger partial charge in [0.1, 0.15) is 4.90 Å². The lowest BCUT2D eigenvalue weighted by Gasteiger charge is -2.24. The summed E-state index contributed by atoms with van der Waals surface area (Å²) in [7, 11) is -3.56. The molecular weight excluding hydrogens is 396 g/mol. The number of H-pyrrole nitrogens is 1. The Labute approximate surface area is 177 Å². The number of aryl methyl sites for hydroxylation is 2. The average molecular weight is 423 g/mol. The normalized spacial score (nSPS) is 18.1. The first-order valence-electron chi connectivity index (χ1n) is 10.5. The zero-order valence-corrected chi connectivity index (χ0v) is 17.7. The number of nitrogens with one attached hydrogen (secondary N) is 1. The van der Waals surface area contributed by atoms with E-state index in [1.165, 1.54) is 11.1 Å². The summed E-state index contributed by atoms with van der Waals surface area (Å²) in [5.41, 5.74) is 5.43. The van der Waals surface area contributed by atoms with Gasteiger partial charge in [-0.25, -0.2) is 13.4 Å². The maximum atomic E-state index is 13.7. The van der Waals surface area contributed by atoms with Crippen molar-refractivity contribution in [1.82, 2.24) is 14.3 Å². The SMILES string of the molecule is O=S1(=O)c2cc3c(cc2N(Cc2cnc[nH]2)CCN1CCc1ccccc1)CCC3. The summed E-state index contributed by atoms with van der Waals surface area (Å²) in [6.07, 6.45) is 7.26. The van der Waals surface area contributed by atoms with Crippen molar-refractivity contribution in [2.45, 2.75) is 37.1 Å². The van der Waals surface area contributed by atoms with Gasteiger partial charge in [0, 0.05) is 25.8 Å². The highest BCUT2D eigenvalue weighted by Gasteiger charge is 2.34. The van der Waals surface area contributed by atoms with E-state index in [2.05, 4.69) is 33.1 Å². The predicted molar refractivity (Wildman–Crippen MR) is 117 cm³/mol. The van der Waals surface area contributed by atoms with Gasteiger partial charge in [-0.05, 0) is 54.5 Å². The maximum absolute atomic E-state index is 13.7. The van der Waals surface area contributed by atoms with Crippen LogP contribution in [0.25, 0.3) is 0 Å². The molecule has 6 nitrogen and oxygen atoms in total. The Balaban J connectivity index is 1.51. The average Bonchev–Trinajstić information content (AvgIpc) is 3.42. The monoisotopic (exact) mass is 422 g/mol. The maximum Gasteiger partial charge on any atom is 0.245 e. The van der Waals surface area contributed by atoms with Gasteiger partial charge >= 0.3 is 0 Å². The number of hydrogen-bond donors (Lipinski definition) is 1. The van der Waals surface area contributed by atoms with Crippen LogP contribution >= 0.6 is 0 Å². The highest BCUT2D eigenvalue weighted by atomic mass is 32.2. The molecule has 5 rings (SSSR count). The fourth-order valence-electron chi connectivity index (χ4n) is 4.53. The number of benzene rings is 2. The van der Waals surface area contributed by atoms with Crippen molar-refractivity contribution in [3.8, 4) is 0 Å². The number of fused-ring (bicyclic) bond motifs is 2. The summed E-state index contributed by atoms with van der Waals surface area (Å²) in [5.74, 6) is 0. The number of imidazole rings is 1. The second-order valence-electron chi connectivity index (χ2n) is 8.08. The zero-order valence-electron chi connectivity index (χ0n) is 16.9. The molecule has 156 valence electrons. The minimum atomic E-state index is -3.56. The van der Waals surface area contributed by atoms with Crippen LogP contribution in [0.15, 0.2) is 59.9 Å². The van der Waals surface area contributed by atoms with E-state index in [0.29, 0.717) is 37.5 Å². The third-order valence-electron chi connectivity index (χ3n) is 6.16. The number of anilines is 1. The Kier molecular flexibility index (Phi) is 5.08. The molecule has 0 atom stereocenters. The molecule has 0 radical (unpaired) electrons. The largest absolute Gasteiger partial charge is 0.363 e. The minimum Gasteiger partial charge on any atom is -0.363 e. The molecule has 3 aromatic rings. The third-order valence-corrected chi connectivity index (χ3v) is 8.09. The molecule has 0 amide bonds. The van der Waals surface area contributed by atoms with Gasteiger partial charge in [-0.15, -0.1) is 0 Å². The number of hydrogen-bond acceptors (Lipinski definition) is 4. The second-order valence-corrected chi connectivity index (χ2v) is 9.99. The van der Waals surface area contributed by atoms with Crippen molar-refractivity contribution in [2.75, 3.05) is 24.5 Å². The van der Waals surface area contributed by atoms with Crippen molar-refractivity contribution in [3.63, 3.8) is 0 Å². The van der Waals surface area contributed by atoms with E-state index in [1.54, 1.807) is 16.8 Å². The summed E-state index contributed by atoms with van der Waals surface area (Å²) >= 11 is 0. The summed E-state index contributed by atoms with van der Waals surface area (Å²) in [5, 5.41) is 0. The molecule has 0 fully saturated rings. The van der Waals surface area contributed by atoms with Crippen LogP contribution < -0.4 is 4.90 Å². The number of nitrogens with zero attached hydrogens (tertiary/aromatic N) is 3. The lowest BCUT2D eigenvalue weighted by Crippen LogP contribution is -2.36. The molecule has 0 saturated carbocycles. The van der Waals surface area contributed by atoms with E-state index in [9.17, 15) is 8.42 Å². The van der Waals surface area contributed by atoms with Gasteiger partial charge in [-0.2, -0.15) is 4.31 Å². The number of rotatable bonds is 5. The van der Waals surface area contributed by atoms with E-state index in [1.807, 2.05) is 24.3 Å². The van der Waals surface area contributed by atoms with Crippen molar-refractivity contribution in [3.05, 3.63) is 77.4 Å². The number of sulfonamides is 1. The lowest BCUT2D eigenvalue weighted by atomic mass is 10.1. The third kappa shape index (κ3) is 3.63. The van der Waals surface area contributed by atoms with E-state index in [4.69, 9.17) is 0 Å². The fraction of sp³-hybridized carbons (Fsp3) is 0.348. The summed E-state index contributed by atoms with van der Waals surface area (Å²) < 4.78 is 29.0. The van der Waals surface area contributed by atoms with Gasteiger partial charge in [0.05, 0.1) is 24.3 Å². The highest BCUT2D eigenvalue weighted by molar-refractivity contribution is 7.89. The van der Waals surface area contributed by atoms with Gasteiger partial charge < -0.3 is 9.88 Å². The van der Waals surface area contributed by atoms with Gasteiger partial charge in [0.25, 0.3) is 0 Å². The number of aromatic amines is 1.